The van der Waals surface area contributed by atoms with E-state index >= 15 is 13.7 Å². The Morgan fingerprint density at radius 3 is 1.19 bits per heavy atom. The van der Waals surface area contributed by atoms with Crippen LogP contribution in [0.25, 0.3) is 22.3 Å². The number of imidazole rings is 2. The van der Waals surface area contributed by atoms with Crippen LogP contribution in [0.3, 0.4) is 0 Å². The van der Waals surface area contributed by atoms with Gasteiger partial charge in [-0.05, 0) is 57.7 Å². The van der Waals surface area contributed by atoms with Crippen molar-refractivity contribution >= 4 is 123 Å². The Labute approximate surface area is 832 Å². The molecule has 6 saturated heterocycles. The number of fused-ring (bicyclic) bond motifs is 2. The molecule has 68 heteroatoms. The molecule has 6 aliphatic rings. The number of aliphatic hydroxyl groups excluding tert-OH is 1. The zero-order chi connectivity index (χ0) is 104. The van der Waals surface area contributed by atoms with E-state index in [1.807, 2.05) is 0 Å². The number of methoxy groups -OCH3 is 5. The first-order chi connectivity index (χ1) is 68.5. The second-order valence-corrected chi connectivity index (χ2v) is 44.4. The number of H-pyrrole nitrogens is 1. The molecule has 798 valence electrons. The molecule has 6 fully saturated rings. The molecule has 0 aliphatic carbocycles. The van der Waals surface area contributed by atoms with Crippen molar-refractivity contribution in [3.8, 4) is 0 Å². The molecule has 0 aromatic carbocycles. The monoisotopic (exact) mass is 2190 g/mol. The van der Waals surface area contributed by atoms with Gasteiger partial charge < -0.3 is 143 Å². The number of aromatic nitrogens is 16. The second kappa shape index (κ2) is 48.6. The van der Waals surface area contributed by atoms with Gasteiger partial charge in [-0.2, -0.15) is 15.0 Å². The number of phosphoric acid groups is 2. The third-order valence-corrected chi connectivity index (χ3v) is 30.2. The minimum absolute atomic E-state index is 0.00218. The Balaban J connectivity index is 0.755. The van der Waals surface area contributed by atoms with Gasteiger partial charge in [0.25, 0.3) is 5.56 Å². The number of aliphatic hydroxyl groups is 1. The van der Waals surface area contributed by atoms with Gasteiger partial charge in [-0.15, -0.1) is 0 Å². The van der Waals surface area contributed by atoms with Crippen LogP contribution in [-0.4, -0.2) is 340 Å². The number of hydrogen-bond donors (Lipinski definition) is 12. The number of aryl methyl sites for hydroxylation is 4. The predicted octanol–water partition coefficient (Wildman–Crippen LogP) is -0.484. The van der Waals surface area contributed by atoms with Crippen LogP contribution in [0, 0.1) is 27.7 Å². The summed E-state index contributed by atoms with van der Waals surface area (Å²) in [6.07, 6.45) is -26.5. The van der Waals surface area contributed by atoms with Crippen molar-refractivity contribution in [2.24, 2.45) is 0 Å². The number of phosphoric ester groups is 2. The largest absolute Gasteiger partial charge is 0.472 e. The summed E-state index contributed by atoms with van der Waals surface area (Å²) in [5, 5.41) is 11.8. The lowest BCUT2D eigenvalue weighted by Crippen LogP contribution is -2.42. The fraction of sp³-hybridized carbons (Fsp3) is 0.658. The van der Waals surface area contributed by atoms with Crippen LogP contribution in [0.4, 0.5) is 29.1 Å². The lowest BCUT2D eigenvalue weighted by atomic mass is 10.1. The number of hydrogen-bond acceptors (Lipinski definition) is 51. The lowest BCUT2D eigenvalue weighted by molar-refractivity contribution is -0.0850. The molecule has 0 spiro atoms. The van der Waals surface area contributed by atoms with E-state index in [1.54, 1.807) is 20.8 Å². The molecule has 60 nitrogen and oxygen atoms in total. The maximum atomic E-state index is 15.6. The van der Waals surface area contributed by atoms with Crippen molar-refractivity contribution in [1.29, 1.82) is 0 Å². The third kappa shape index (κ3) is 26.6. The molecule has 11 unspecified atom stereocenters. The summed E-state index contributed by atoms with van der Waals surface area (Å²) in [5.41, 5.74) is 27.0. The highest BCUT2D eigenvalue weighted by molar-refractivity contribution is 8.44. The topological polar surface area (TPSA) is 769 Å². The van der Waals surface area contributed by atoms with Gasteiger partial charge >= 0.3 is 58.6 Å². The van der Waals surface area contributed by atoms with E-state index in [2.05, 4.69) is 62.1 Å². The third-order valence-electron chi connectivity index (χ3n) is 23.4. The molecule has 0 radical (unpaired) electrons. The van der Waals surface area contributed by atoms with E-state index in [-0.39, 0.29) is 135 Å². The predicted molar refractivity (Wildman–Crippen MR) is 504 cm³/mol. The van der Waals surface area contributed by atoms with E-state index in [4.69, 9.17) is 173 Å². The number of rotatable bonds is 52. The number of nitrogens with one attached hydrogen (secondary N) is 1. The molecule has 8 aromatic rings. The van der Waals surface area contributed by atoms with Gasteiger partial charge in [-0.1, -0.05) is 19.2 Å². The molecule has 28 atom stereocenters. The van der Waals surface area contributed by atoms with Gasteiger partial charge in [0.15, 0.2) is 54.1 Å². The molecule has 14 heterocycles. The molecule has 6 aliphatic heterocycles. The number of nitrogen functional groups attached to an aromatic ring is 5. The van der Waals surface area contributed by atoms with Gasteiger partial charge in [-0.3, -0.25) is 68.8 Å². The highest BCUT2D eigenvalue weighted by Crippen LogP contribution is 2.60. The van der Waals surface area contributed by atoms with Crippen LogP contribution in [0.2, 0.25) is 0 Å². The molecule has 16 N–H and O–H groups in total. The number of nitrogens with zero attached hydrogens (tertiary/aromatic N) is 15. The second-order valence-electron chi connectivity index (χ2n) is 33.1. The molecule has 8 aromatic heterocycles. The highest BCUT2D eigenvalue weighted by atomic mass is 32.7. The Morgan fingerprint density at radius 2 is 0.757 bits per heavy atom. The molecule has 0 saturated carbocycles. The van der Waals surface area contributed by atoms with E-state index in [0.29, 0.717) is 11.1 Å². The van der Waals surface area contributed by atoms with E-state index in [9.17, 15) is 48.7 Å². The summed E-state index contributed by atoms with van der Waals surface area (Å²) in [4.78, 5) is 156. The van der Waals surface area contributed by atoms with Crippen LogP contribution in [0.5, 0.6) is 0 Å². The van der Waals surface area contributed by atoms with Crippen molar-refractivity contribution in [3.63, 3.8) is 0 Å². The Morgan fingerprint density at radius 1 is 0.410 bits per heavy atom. The molecule has 0 bridgehead atoms. The van der Waals surface area contributed by atoms with Crippen molar-refractivity contribution in [3.05, 3.63) is 125 Å². The maximum Gasteiger partial charge on any atom is 0.472 e. The summed E-state index contributed by atoms with van der Waals surface area (Å²) in [7, 11) is -5.00. The van der Waals surface area contributed by atoms with E-state index in [1.165, 1.54) is 94.3 Å². The normalized spacial score (nSPS) is 29.3. The average Bonchev–Trinajstić information content (AvgIpc) is 1.60. The van der Waals surface area contributed by atoms with Crippen LogP contribution in [-0.2, 0) is 158 Å². The van der Waals surface area contributed by atoms with Crippen LogP contribution < -0.4 is 57.0 Å². The van der Waals surface area contributed by atoms with Crippen LogP contribution in [0.1, 0.15) is 79.4 Å². The van der Waals surface area contributed by atoms with Gasteiger partial charge in [0.05, 0.1) is 124 Å². The zero-order valence-corrected chi connectivity index (χ0v) is 85.6. The SMILES string of the molecule is CC[C@H]1O[C@@H](n2cc(C)c(N)nc2=O)CC1OP(O)(=S)OC[C@H]1O[C@@H](n2cnc3c(N)ncnc32)[C@@H](OCCOC)C1OP(=O)(O)OC[C@H]1O[C@@H](n2cc(C)c(=O)[nH]c2=O)[C@@H](OCCOC)C1OP(=O)(O)OC[C@H]1O[C@@H](n2cc(C)c(N)nc2=O)[C@@H](OCCOC)C1OP(=O)(S)OC[C@H]1O[C@@H](n2cnc3c(N)ncnc32)[C@@H](OCCOC)C1OP(O)(=S)OC[C@H]1O[C@@H](n2cc(C)c(N)nc2=O)[C@@H](OCCOC)C1O. The van der Waals surface area contributed by atoms with Crippen molar-refractivity contribution < 1.29 is 159 Å². The summed E-state index contributed by atoms with van der Waals surface area (Å²) in [6, 6.07) is 0. The van der Waals surface area contributed by atoms with Gasteiger partial charge in [0.2, 0.25) is 0 Å². The molecule has 14 rings (SSSR count). The molecule has 144 heavy (non-hydrogen) atoms. The first-order valence-corrected chi connectivity index (χ1v) is 55.0. The zero-order valence-electron chi connectivity index (χ0n) is 78.6. The molecule has 0 amide bonds. The summed E-state index contributed by atoms with van der Waals surface area (Å²) in [5.74, 6) is -0.437. The maximum absolute atomic E-state index is 15.6. The minimum atomic E-state index is -5.95. The summed E-state index contributed by atoms with van der Waals surface area (Å²) >= 11 is 15.8. The summed E-state index contributed by atoms with van der Waals surface area (Å²) in [6.45, 7) is -13.7. The highest BCUT2D eigenvalue weighted by Gasteiger charge is 2.59. The Bertz CT molecular complexity index is 6360. The van der Waals surface area contributed by atoms with Crippen molar-refractivity contribution in [1.82, 2.24) is 77.2 Å². The average molecular weight is 2190 g/mol. The van der Waals surface area contributed by atoms with Gasteiger partial charge in [-0.25, -0.2) is 62.8 Å². The first kappa shape index (κ1) is 112. The van der Waals surface area contributed by atoms with Crippen molar-refractivity contribution in [2.75, 3.05) is 163 Å². The molecular formula is C76H112N21O39P5S3. The summed E-state index contributed by atoms with van der Waals surface area (Å²) < 4.78 is 210. The number of ether oxygens (including phenoxy) is 16. The van der Waals surface area contributed by atoms with E-state index in [0.717, 1.165) is 32.6 Å². The number of anilines is 5. The Hall–Kier alpha value is -7.48. The minimum Gasteiger partial charge on any atom is -0.387 e. The first-order valence-electron chi connectivity index (χ1n) is 44.2. The van der Waals surface area contributed by atoms with E-state index < -0.39 is 245 Å². The van der Waals surface area contributed by atoms with Crippen LogP contribution in [0.15, 0.2) is 74.1 Å². The van der Waals surface area contributed by atoms with Gasteiger partial charge in [0.1, 0.15) is 139 Å². The molecular weight excluding hydrogens is 2080 g/mol. The number of nitrogens with two attached hydrogens (primary N) is 5. The lowest BCUT2D eigenvalue weighted by Gasteiger charge is -2.30. The van der Waals surface area contributed by atoms with Crippen molar-refractivity contribution in [2.45, 2.75) is 189 Å². The Kier molecular flexibility index (Phi) is 37.9. The smallest absolute Gasteiger partial charge is 0.387 e. The quantitative estimate of drug-likeness (QED) is 0.0130. The number of aromatic amines is 1. The van der Waals surface area contributed by atoms with Gasteiger partial charge in [0, 0.05) is 89.0 Å². The fourth-order valence-corrected chi connectivity index (χ4v) is 22.7. The van der Waals surface area contributed by atoms with Crippen LogP contribution >= 0.6 is 48.1 Å². The number of thiol groups is 1. The standard InChI is InChI=1S/C76H112N21O39P5S3/c1-11-40-41(22-47(126-40)92-23-36(2)60(77)88-73(92)100)132-139(108,142)124-30-45-52(57(118-19-14-113-8)71(130-45)96-34-86-48-63(80)82-32-84-65(48)96)134-137(104,105)121-28-43-51(56(117-18-13-112-7)69(128-43)95-26-39(5)67(99)91-76(95)103)133-138(106,107)122-29-44-53(58(119-20-15-114-9)70(129-44)94-25-38(4)62(79)90-75(94)102)135-141(110,144)125-31-46-54(59(120-21-16-115-10)72(131-46)97-35-87-49-64(81)83-33-85-66(49)97)136-140(109,143)123-27-42-50(98)55(116-17-12-111-6)68(127-42)93-24-37(3)61(78)89-74(93)101/h23-26,32-35,40-47,50-59,68-72,98H,11-22,27-31H2,1-10H3,(H,104,105)(H,106,107)(H,108,142)(H,109,143)(H,110,144)(H2,77,88,100)(H2,78,89,101)(H2,79,90,102)(H2,80,82,84)(H2,81,83,85)(H,91,99,103)/t40-,41?,42-,43-,44-,45-,46-,47-,50?,51?,52?,53?,54?,55+,56+,57+,58+,59+,68-,69-,70-,71-,72-,139?,140?,141?/m1/s1. The fourth-order valence-electron chi connectivity index (χ4n) is 16.4.